The van der Waals surface area contributed by atoms with Crippen molar-refractivity contribution >= 4 is 7.28 Å². The topological polar surface area (TPSA) is 29.5 Å². The standard InChI is InChI=1S/C13H25BO2/c1-9-13(4,15)16-8-11-6-5-10(7-14-9)12(11,2)3/h9-11,14-15H,5-8H2,1-4H3. The molecule has 1 N–H and O–H groups in total. The zero-order chi connectivity index (χ0) is 12.0. The molecule has 92 valence electrons. The van der Waals surface area contributed by atoms with Gasteiger partial charge in [0, 0.05) is 0 Å². The normalized spacial score (nSPS) is 47.7. The maximum absolute atomic E-state index is 10.2. The van der Waals surface area contributed by atoms with Crippen molar-refractivity contribution in [3.63, 3.8) is 0 Å². The molecular formula is C13H25BO2. The molecule has 0 aromatic rings. The van der Waals surface area contributed by atoms with E-state index >= 15 is 0 Å². The van der Waals surface area contributed by atoms with Crippen molar-refractivity contribution in [1.29, 1.82) is 0 Å². The molecule has 16 heavy (non-hydrogen) atoms. The highest BCUT2D eigenvalue weighted by molar-refractivity contribution is 6.38. The monoisotopic (exact) mass is 224 g/mol. The second-order valence-corrected chi connectivity index (χ2v) is 6.64. The van der Waals surface area contributed by atoms with E-state index in [1.165, 1.54) is 19.2 Å². The first kappa shape index (κ1) is 12.4. The lowest BCUT2D eigenvalue weighted by Gasteiger charge is -2.33. The molecule has 2 bridgehead atoms. The van der Waals surface area contributed by atoms with Gasteiger partial charge in [0.2, 0.25) is 0 Å². The minimum atomic E-state index is -0.930. The third kappa shape index (κ3) is 2.04. The van der Waals surface area contributed by atoms with Gasteiger partial charge in [-0.05, 0) is 36.4 Å². The Labute approximate surface area is 100 Å². The molecule has 1 saturated carbocycles. The molecule has 2 rings (SSSR count). The molecule has 1 saturated heterocycles. The molecule has 1 aliphatic heterocycles. The number of hydrogen-bond acceptors (Lipinski definition) is 2. The summed E-state index contributed by atoms with van der Waals surface area (Å²) in [6.45, 7) is 9.41. The molecule has 0 aromatic carbocycles. The van der Waals surface area contributed by atoms with E-state index in [9.17, 15) is 5.11 Å². The van der Waals surface area contributed by atoms with E-state index in [2.05, 4.69) is 20.8 Å². The summed E-state index contributed by atoms with van der Waals surface area (Å²) in [5.74, 6) is 0.745. The van der Waals surface area contributed by atoms with Crippen molar-refractivity contribution < 1.29 is 9.84 Å². The number of fused-ring (bicyclic) bond motifs is 2. The van der Waals surface area contributed by atoms with Crippen molar-refractivity contribution in [1.82, 2.24) is 0 Å². The van der Waals surface area contributed by atoms with E-state index in [1.807, 2.05) is 6.92 Å². The van der Waals surface area contributed by atoms with Gasteiger partial charge < -0.3 is 9.84 Å². The SMILES string of the molecule is CC1BCC2CCC(COC1(C)O)C2(C)C. The van der Waals surface area contributed by atoms with E-state index in [4.69, 9.17) is 4.74 Å². The molecule has 4 atom stereocenters. The summed E-state index contributed by atoms with van der Waals surface area (Å²) < 4.78 is 5.78. The first-order valence-corrected chi connectivity index (χ1v) is 6.70. The van der Waals surface area contributed by atoms with E-state index < -0.39 is 5.79 Å². The zero-order valence-corrected chi connectivity index (χ0v) is 11.1. The Balaban J connectivity index is 2.17. The minimum absolute atomic E-state index is 0.239. The van der Waals surface area contributed by atoms with E-state index in [0.29, 0.717) is 11.3 Å². The van der Waals surface area contributed by atoms with Crippen molar-refractivity contribution in [2.45, 2.75) is 58.5 Å². The van der Waals surface area contributed by atoms with Gasteiger partial charge in [-0.25, -0.2) is 0 Å². The molecule has 0 aromatic heterocycles. The first-order chi connectivity index (χ1) is 7.34. The predicted octanol–water partition coefficient (Wildman–Crippen LogP) is 2.44. The lowest BCUT2D eigenvalue weighted by atomic mass is 9.54. The van der Waals surface area contributed by atoms with Crippen molar-refractivity contribution in [3.05, 3.63) is 0 Å². The highest BCUT2D eigenvalue weighted by atomic mass is 16.6. The average molecular weight is 224 g/mol. The number of aliphatic hydroxyl groups is 1. The average Bonchev–Trinajstić information content (AvgIpc) is 2.47. The first-order valence-electron chi connectivity index (χ1n) is 6.70. The van der Waals surface area contributed by atoms with Crippen LogP contribution in [-0.2, 0) is 4.74 Å². The van der Waals surface area contributed by atoms with E-state index in [0.717, 1.165) is 19.8 Å². The van der Waals surface area contributed by atoms with Gasteiger partial charge in [0.1, 0.15) is 7.28 Å². The summed E-state index contributed by atoms with van der Waals surface area (Å²) in [5, 5.41) is 10.2. The summed E-state index contributed by atoms with van der Waals surface area (Å²) in [5.41, 5.74) is 0.389. The quantitative estimate of drug-likeness (QED) is 0.640. The van der Waals surface area contributed by atoms with Crippen LogP contribution in [0.1, 0.15) is 40.5 Å². The van der Waals surface area contributed by atoms with Crippen LogP contribution in [0.2, 0.25) is 12.1 Å². The summed E-state index contributed by atoms with van der Waals surface area (Å²) in [6, 6.07) is 0. The van der Waals surface area contributed by atoms with Crippen LogP contribution in [0.4, 0.5) is 0 Å². The Kier molecular flexibility index (Phi) is 3.13. The molecule has 0 amide bonds. The molecule has 3 heteroatoms. The Morgan fingerprint density at radius 2 is 1.81 bits per heavy atom. The van der Waals surface area contributed by atoms with Crippen LogP contribution in [0.5, 0.6) is 0 Å². The fraction of sp³-hybridized carbons (Fsp3) is 1.00. The van der Waals surface area contributed by atoms with Gasteiger partial charge >= 0.3 is 0 Å². The van der Waals surface area contributed by atoms with Gasteiger partial charge in [-0.1, -0.05) is 33.5 Å². The number of hydrogen-bond donors (Lipinski definition) is 1. The van der Waals surface area contributed by atoms with Gasteiger partial charge in [0.15, 0.2) is 5.79 Å². The highest BCUT2D eigenvalue weighted by Gasteiger charge is 2.45. The van der Waals surface area contributed by atoms with E-state index in [-0.39, 0.29) is 5.82 Å². The summed E-state index contributed by atoms with van der Waals surface area (Å²) in [7, 11) is 1.08. The smallest absolute Gasteiger partial charge is 0.158 e. The molecular weight excluding hydrogens is 199 g/mol. The van der Waals surface area contributed by atoms with Crippen LogP contribution < -0.4 is 0 Å². The van der Waals surface area contributed by atoms with Gasteiger partial charge in [0.25, 0.3) is 0 Å². The van der Waals surface area contributed by atoms with Crippen LogP contribution in [0, 0.1) is 17.3 Å². The number of ether oxygens (including phenoxy) is 1. The van der Waals surface area contributed by atoms with Crippen LogP contribution in [0.3, 0.4) is 0 Å². The molecule has 0 radical (unpaired) electrons. The van der Waals surface area contributed by atoms with Crippen LogP contribution >= 0.6 is 0 Å². The molecule has 4 unspecified atom stereocenters. The van der Waals surface area contributed by atoms with Crippen LogP contribution in [-0.4, -0.2) is 24.8 Å². The highest BCUT2D eigenvalue weighted by Crippen LogP contribution is 2.51. The van der Waals surface area contributed by atoms with Gasteiger partial charge in [0.05, 0.1) is 6.61 Å². The Morgan fingerprint density at radius 1 is 1.19 bits per heavy atom. The molecule has 0 spiro atoms. The summed E-state index contributed by atoms with van der Waals surface area (Å²) in [4.78, 5) is 0. The molecule has 2 fully saturated rings. The van der Waals surface area contributed by atoms with Crippen LogP contribution in [0.15, 0.2) is 0 Å². The molecule has 1 heterocycles. The van der Waals surface area contributed by atoms with E-state index in [1.54, 1.807) is 0 Å². The third-order valence-corrected chi connectivity index (χ3v) is 5.41. The Morgan fingerprint density at radius 3 is 2.50 bits per heavy atom. The predicted molar refractivity (Wildman–Crippen MR) is 68.0 cm³/mol. The summed E-state index contributed by atoms with van der Waals surface area (Å²) in [6.07, 6.45) is 3.85. The third-order valence-electron chi connectivity index (χ3n) is 5.41. The molecule has 1 aliphatic carbocycles. The van der Waals surface area contributed by atoms with Crippen molar-refractivity contribution in [2.75, 3.05) is 6.61 Å². The molecule has 2 nitrogen and oxygen atoms in total. The maximum atomic E-state index is 10.2. The molecule has 2 aliphatic rings. The van der Waals surface area contributed by atoms with Gasteiger partial charge in [-0.2, -0.15) is 0 Å². The lowest BCUT2D eigenvalue weighted by Crippen LogP contribution is -2.36. The second kappa shape index (κ2) is 4.02. The van der Waals surface area contributed by atoms with Crippen molar-refractivity contribution in [3.8, 4) is 0 Å². The Hall–Kier alpha value is -0.0151. The Bertz CT molecular complexity index is 263. The zero-order valence-electron chi connectivity index (χ0n) is 11.1. The fourth-order valence-electron chi connectivity index (χ4n) is 3.42. The fourth-order valence-corrected chi connectivity index (χ4v) is 3.42. The lowest BCUT2D eigenvalue weighted by molar-refractivity contribution is -0.201. The number of rotatable bonds is 0. The van der Waals surface area contributed by atoms with Crippen LogP contribution in [0.25, 0.3) is 0 Å². The van der Waals surface area contributed by atoms with Gasteiger partial charge in [-0.15, -0.1) is 0 Å². The second-order valence-electron chi connectivity index (χ2n) is 6.64. The largest absolute Gasteiger partial charge is 0.366 e. The maximum Gasteiger partial charge on any atom is 0.158 e. The van der Waals surface area contributed by atoms with Gasteiger partial charge in [-0.3, -0.25) is 0 Å². The van der Waals surface area contributed by atoms with Crippen molar-refractivity contribution in [2.24, 2.45) is 17.3 Å². The minimum Gasteiger partial charge on any atom is -0.366 e. The summed E-state index contributed by atoms with van der Waals surface area (Å²) >= 11 is 0.